The molecule has 1 aliphatic rings. The molecule has 0 atom stereocenters. The van der Waals surface area contributed by atoms with Crippen LogP contribution < -0.4 is 10.5 Å². The SMILES string of the molecule is NC1(CNS(=O)(=O)c2cccc3cnccc23)CCCCC1. The summed E-state index contributed by atoms with van der Waals surface area (Å²) in [4.78, 5) is 4.32. The first-order chi connectivity index (χ1) is 10.5. The third-order valence-electron chi connectivity index (χ3n) is 4.39. The topological polar surface area (TPSA) is 85.1 Å². The maximum Gasteiger partial charge on any atom is 0.241 e. The lowest BCUT2D eigenvalue weighted by Gasteiger charge is -2.33. The number of hydrogen-bond acceptors (Lipinski definition) is 4. The minimum absolute atomic E-state index is 0.284. The van der Waals surface area contributed by atoms with Crippen LogP contribution in [0.15, 0.2) is 41.6 Å². The molecule has 2 aromatic rings. The van der Waals surface area contributed by atoms with Gasteiger partial charge < -0.3 is 5.73 Å². The minimum atomic E-state index is -3.58. The van der Waals surface area contributed by atoms with Gasteiger partial charge in [0.15, 0.2) is 0 Å². The van der Waals surface area contributed by atoms with Crippen LogP contribution in [0.5, 0.6) is 0 Å². The predicted octanol–water partition coefficient (Wildman–Crippen LogP) is 2.17. The van der Waals surface area contributed by atoms with E-state index in [2.05, 4.69) is 9.71 Å². The highest BCUT2D eigenvalue weighted by atomic mass is 32.2. The van der Waals surface area contributed by atoms with Crippen LogP contribution in [0.3, 0.4) is 0 Å². The fraction of sp³-hybridized carbons (Fsp3) is 0.438. The van der Waals surface area contributed by atoms with Crippen molar-refractivity contribution in [2.75, 3.05) is 6.54 Å². The normalized spacial score (nSPS) is 18.4. The van der Waals surface area contributed by atoms with Gasteiger partial charge in [-0.1, -0.05) is 31.4 Å². The first-order valence-corrected chi connectivity index (χ1v) is 9.10. The number of nitrogens with two attached hydrogens (primary N) is 1. The Bertz CT molecular complexity index is 763. The Labute approximate surface area is 131 Å². The maximum absolute atomic E-state index is 12.6. The summed E-state index contributed by atoms with van der Waals surface area (Å²) in [5.41, 5.74) is 5.90. The van der Waals surface area contributed by atoms with Crippen molar-refractivity contribution in [3.8, 4) is 0 Å². The second-order valence-electron chi connectivity index (χ2n) is 6.10. The molecule has 0 unspecified atom stereocenters. The van der Waals surface area contributed by atoms with Crippen molar-refractivity contribution in [1.29, 1.82) is 0 Å². The largest absolute Gasteiger partial charge is 0.324 e. The van der Waals surface area contributed by atoms with Crippen molar-refractivity contribution in [3.05, 3.63) is 36.7 Å². The highest BCUT2D eigenvalue weighted by molar-refractivity contribution is 7.89. The molecule has 0 bridgehead atoms. The van der Waals surface area contributed by atoms with Gasteiger partial charge in [0.1, 0.15) is 0 Å². The molecule has 0 amide bonds. The average Bonchev–Trinajstić information content (AvgIpc) is 2.53. The lowest BCUT2D eigenvalue weighted by molar-refractivity contribution is 0.296. The van der Waals surface area contributed by atoms with Gasteiger partial charge >= 0.3 is 0 Å². The molecule has 3 N–H and O–H groups in total. The van der Waals surface area contributed by atoms with E-state index >= 15 is 0 Å². The molecule has 118 valence electrons. The van der Waals surface area contributed by atoms with Crippen LogP contribution in [0.25, 0.3) is 10.8 Å². The number of pyridine rings is 1. The van der Waals surface area contributed by atoms with Crippen LogP contribution >= 0.6 is 0 Å². The lowest BCUT2D eigenvalue weighted by Crippen LogP contribution is -2.51. The second-order valence-corrected chi connectivity index (χ2v) is 7.84. The second kappa shape index (κ2) is 5.95. The molecular formula is C16H21N3O2S. The summed E-state index contributed by atoms with van der Waals surface area (Å²) < 4.78 is 28.0. The molecule has 0 aliphatic heterocycles. The van der Waals surface area contributed by atoms with Gasteiger partial charge in [0.25, 0.3) is 0 Å². The molecule has 1 aromatic heterocycles. The molecular weight excluding hydrogens is 298 g/mol. The average molecular weight is 319 g/mol. The van der Waals surface area contributed by atoms with Crippen molar-refractivity contribution in [2.24, 2.45) is 5.73 Å². The van der Waals surface area contributed by atoms with Crippen molar-refractivity contribution >= 4 is 20.8 Å². The maximum atomic E-state index is 12.6. The van der Waals surface area contributed by atoms with Crippen LogP contribution in [0.2, 0.25) is 0 Å². The number of rotatable bonds is 4. The van der Waals surface area contributed by atoms with E-state index in [9.17, 15) is 8.42 Å². The van der Waals surface area contributed by atoms with Gasteiger partial charge in [0, 0.05) is 35.2 Å². The molecule has 0 spiro atoms. The van der Waals surface area contributed by atoms with Gasteiger partial charge in [-0.3, -0.25) is 4.98 Å². The van der Waals surface area contributed by atoms with Crippen molar-refractivity contribution in [1.82, 2.24) is 9.71 Å². The van der Waals surface area contributed by atoms with Crippen LogP contribution in [-0.2, 0) is 10.0 Å². The third kappa shape index (κ3) is 3.14. The summed E-state index contributed by atoms with van der Waals surface area (Å²) in [5, 5.41) is 1.49. The summed E-state index contributed by atoms with van der Waals surface area (Å²) in [6.07, 6.45) is 8.33. The van der Waals surface area contributed by atoms with E-state index < -0.39 is 15.6 Å². The molecule has 6 heteroatoms. The van der Waals surface area contributed by atoms with Gasteiger partial charge in [-0.05, 0) is 25.0 Å². The summed E-state index contributed by atoms with van der Waals surface area (Å²) in [6, 6.07) is 6.93. The molecule has 0 radical (unpaired) electrons. The first kappa shape index (κ1) is 15.4. The zero-order chi connectivity index (χ0) is 15.6. The quantitative estimate of drug-likeness (QED) is 0.904. The Morgan fingerprint density at radius 2 is 1.95 bits per heavy atom. The van der Waals surface area contributed by atoms with E-state index in [-0.39, 0.29) is 11.4 Å². The zero-order valence-corrected chi connectivity index (χ0v) is 13.3. The zero-order valence-electron chi connectivity index (χ0n) is 12.5. The Kier molecular flexibility index (Phi) is 4.16. The van der Waals surface area contributed by atoms with Crippen molar-refractivity contribution in [2.45, 2.75) is 42.5 Å². The third-order valence-corrected chi connectivity index (χ3v) is 5.85. The van der Waals surface area contributed by atoms with E-state index in [1.807, 2.05) is 6.07 Å². The molecule has 3 rings (SSSR count). The van der Waals surface area contributed by atoms with E-state index in [1.54, 1.807) is 30.6 Å². The fourth-order valence-corrected chi connectivity index (χ4v) is 4.44. The number of sulfonamides is 1. The fourth-order valence-electron chi connectivity index (χ4n) is 3.08. The monoisotopic (exact) mass is 319 g/mol. The number of benzene rings is 1. The molecule has 1 aliphatic carbocycles. The Hall–Kier alpha value is -1.50. The predicted molar refractivity (Wildman–Crippen MR) is 86.9 cm³/mol. The molecule has 1 fully saturated rings. The summed E-state index contributed by atoms with van der Waals surface area (Å²) in [7, 11) is -3.58. The molecule has 22 heavy (non-hydrogen) atoms. The number of aromatic nitrogens is 1. The van der Waals surface area contributed by atoms with E-state index in [1.165, 1.54) is 6.42 Å². The Morgan fingerprint density at radius 1 is 1.18 bits per heavy atom. The number of nitrogens with zero attached hydrogens (tertiary/aromatic N) is 1. The summed E-state index contributed by atoms with van der Waals surface area (Å²) >= 11 is 0. The Morgan fingerprint density at radius 3 is 2.73 bits per heavy atom. The van der Waals surface area contributed by atoms with Gasteiger partial charge in [0.05, 0.1) is 4.90 Å². The molecule has 1 saturated carbocycles. The lowest BCUT2D eigenvalue weighted by atomic mass is 9.83. The molecule has 5 nitrogen and oxygen atoms in total. The number of fused-ring (bicyclic) bond motifs is 1. The summed E-state index contributed by atoms with van der Waals surface area (Å²) in [5.74, 6) is 0. The Balaban J connectivity index is 1.86. The minimum Gasteiger partial charge on any atom is -0.324 e. The summed E-state index contributed by atoms with van der Waals surface area (Å²) in [6.45, 7) is 0.288. The van der Waals surface area contributed by atoms with Crippen molar-refractivity contribution in [3.63, 3.8) is 0 Å². The highest BCUT2D eigenvalue weighted by Gasteiger charge is 2.29. The van der Waals surface area contributed by atoms with E-state index in [0.29, 0.717) is 5.39 Å². The van der Waals surface area contributed by atoms with Crippen LogP contribution in [0.1, 0.15) is 32.1 Å². The smallest absolute Gasteiger partial charge is 0.241 e. The number of hydrogen-bond donors (Lipinski definition) is 2. The van der Waals surface area contributed by atoms with Gasteiger partial charge in [-0.25, -0.2) is 13.1 Å². The standard InChI is InChI=1S/C16H21N3O2S/c17-16(8-2-1-3-9-16)12-19-22(20,21)15-6-4-5-13-11-18-10-7-14(13)15/h4-7,10-11,19H,1-3,8-9,12,17H2. The van der Waals surface area contributed by atoms with E-state index in [0.717, 1.165) is 31.1 Å². The van der Waals surface area contributed by atoms with Crippen molar-refractivity contribution < 1.29 is 8.42 Å². The highest BCUT2D eigenvalue weighted by Crippen LogP contribution is 2.26. The first-order valence-electron chi connectivity index (χ1n) is 7.62. The van der Waals surface area contributed by atoms with E-state index in [4.69, 9.17) is 5.73 Å². The van der Waals surface area contributed by atoms with Crippen LogP contribution in [0.4, 0.5) is 0 Å². The van der Waals surface area contributed by atoms with Gasteiger partial charge in [-0.2, -0.15) is 0 Å². The number of nitrogens with one attached hydrogen (secondary N) is 1. The van der Waals surface area contributed by atoms with Gasteiger partial charge in [0.2, 0.25) is 10.0 Å². The molecule has 0 saturated heterocycles. The van der Waals surface area contributed by atoms with Crippen LogP contribution in [-0.4, -0.2) is 25.5 Å². The molecule has 1 aromatic carbocycles. The van der Waals surface area contributed by atoms with Crippen LogP contribution in [0, 0.1) is 0 Å². The molecule has 1 heterocycles. The van der Waals surface area contributed by atoms with Gasteiger partial charge in [-0.15, -0.1) is 0 Å².